The van der Waals surface area contributed by atoms with Crippen molar-refractivity contribution in [3.63, 3.8) is 0 Å². The summed E-state index contributed by atoms with van der Waals surface area (Å²) in [4.78, 5) is 0. The van der Waals surface area contributed by atoms with E-state index in [-0.39, 0.29) is 0 Å². The van der Waals surface area contributed by atoms with E-state index < -0.39 is 0 Å². The lowest BCUT2D eigenvalue weighted by atomic mass is 10.2. The summed E-state index contributed by atoms with van der Waals surface area (Å²) in [6.07, 6.45) is 8.88. The van der Waals surface area contributed by atoms with Crippen LogP contribution < -0.4 is 4.57 Å². The summed E-state index contributed by atoms with van der Waals surface area (Å²) in [5, 5.41) is 0. The van der Waals surface area contributed by atoms with Gasteiger partial charge in [-0.3, -0.25) is 0 Å². The van der Waals surface area contributed by atoms with Crippen molar-refractivity contribution in [2.24, 2.45) is 0 Å². The van der Waals surface area contributed by atoms with E-state index in [1.165, 1.54) is 5.56 Å². The molecule has 1 nitrogen and oxygen atoms in total. The van der Waals surface area contributed by atoms with Gasteiger partial charge < -0.3 is 0 Å². The van der Waals surface area contributed by atoms with Gasteiger partial charge in [0.25, 0.3) is 0 Å². The summed E-state index contributed by atoms with van der Waals surface area (Å²) in [6, 6.07) is 4.14. The van der Waals surface area contributed by atoms with Gasteiger partial charge >= 0.3 is 0 Å². The second kappa shape index (κ2) is 4.50. The summed E-state index contributed by atoms with van der Waals surface area (Å²) in [5.74, 6) is 0. The van der Waals surface area contributed by atoms with Gasteiger partial charge in [0, 0.05) is 11.6 Å². The van der Waals surface area contributed by atoms with Crippen molar-refractivity contribution in [3.8, 4) is 0 Å². The number of nitrogens with zero attached hydrogens (tertiary/aromatic N) is 1. The molecule has 0 bridgehead atoms. The lowest BCUT2D eigenvalue weighted by Crippen LogP contribution is -2.31. The van der Waals surface area contributed by atoms with Gasteiger partial charge in [0.2, 0.25) is 0 Å². The van der Waals surface area contributed by atoms with E-state index in [9.17, 15) is 0 Å². The molecule has 0 atom stereocenters. The van der Waals surface area contributed by atoms with Crippen molar-refractivity contribution in [2.45, 2.75) is 13.0 Å². The SMILES string of the molecule is C=CCc1ccc[n+](CC=C)c1. The summed E-state index contributed by atoms with van der Waals surface area (Å²) >= 11 is 0. The van der Waals surface area contributed by atoms with Crippen LogP contribution in [-0.2, 0) is 13.0 Å². The van der Waals surface area contributed by atoms with Gasteiger partial charge in [-0.2, -0.15) is 0 Å². The van der Waals surface area contributed by atoms with Gasteiger partial charge in [-0.15, -0.1) is 6.58 Å². The largest absolute Gasteiger partial charge is 0.201 e. The van der Waals surface area contributed by atoms with Crippen LogP contribution in [-0.4, -0.2) is 0 Å². The third-order valence-corrected chi connectivity index (χ3v) is 1.64. The maximum absolute atomic E-state index is 3.70. The van der Waals surface area contributed by atoms with Gasteiger partial charge in [0.1, 0.15) is 0 Å². The zero-order valence-electron chi connectivity index (χ0n) is 7.24. The van der Waals surface area contributed by atoms with E-state index in [4.69, 9.17) is 0 Å². The molecule has 0 saturated heterocycles. The van der Waals surface area contributed by atoms with Crippen molar-refractivity contribution < 1.29 is 4.57 Å². The van der Waals surface area contributed by atoms with Crippen LogP contribution in [0.3, 0.4) is 0 Å². The van der Waals surface area contributed by atoms with Crippen LogP contribution in [0.15, 0.2) is 49.8 Å². The zero-order chi connectivity index (χ0) is 8.81. The minimum absolute atomic E-state index is 0.866. The standard InChI is InChI=1S/C11H14N/c1-3-6-11-7-5-9-12(10-11)8-4-2/h3-5,7,9-10H,1-2,6,8H2/q+1. The quantitative estimate of drug-likeness (QED) is 0.468. The van der Waals surface area contributed by atoms with E-state index in [2.05, 4.69) is 30.0 Å². The summed E-state index contributed by atoms with van der Waals surface area (Å²) in [6.45, 7) is 8.26. The fraction of sp³-hybridized carbons (Fsp3) is 0.182. The van der Waals surface area contributed by atoms with E-state index in [0.717, 1.165) is 13.0 Å². The minimum atomic E-state index is 0.866. The predicted molar refractivity (Wildman–Crippen MR) is 50.7 cm³/mol. The maximum Gasteiger partial charge on any atom is 0.172 e. The van der Waals surface area contributed by atoms with Crippen molar-refractivity contribution >= 4 is 0 Å². The molecule has 12 heavy (non-hydrogen) atoms. The summed E-state index contributed by atoms with van der Waals surface area (Å²) in [5.41, 5.74) is 1.29. The van der Waals surface area contributed by atoms with Crippen LogP contribution in [0.4, 0.5) is 0 Å². The molecule has 0 radical (unpaired) electrons. The lowest BCUT2D eigenvalue weighted by Gasteiger charge is -1.94. The second-order valence-corrected chi connectivity index (χ2v) is 2.69. The first kappa shape index (κ1) is 8.72. The van der Waals surface area contributed by atoms with Crippen molar-refractivity contribution in [2.75, 3.05) is 0 Å². The topological polar surface area (TPSA) is 3.88 Å². The van der Waals surface area contributed by atoms with E-state index >= 15 is 0 Å². The molecule has 1 aromatic rings. The number of pyridine rings is 1. The predicted octanol–water partition coefficient (Wildman–Crippen LogP) is 1.89. The van der Waals surface area contributed by atoms with E-state index in [0.29, 0.717) is 0 Å². The first-order valence-electron chi connectivity index (χ1n) is 4.06. The Kier molecular flexibility index (Phi) is 3.27. The number of hydrogen-bond acceptors (Lipinski definition) is 0. The van der Waals surface area contributed by atoms with Crippen molar-refractivity contribution in [3.05, 3.63) is 55.4 Å². The lowest BCUT2D eigenvalue weighted by molar-refractivity contribution is -0.687. The Balaban J connectivity index is 2.79. The van der Waals surface area contributed by atoms with Gasteiger partial charge in [0.05, 0.1) is 0 Å². The van der Waals surface area contributed by atoms with Gasteiger partial charge in [-0.25, -0.2) is 4.57 Å². The molecule has 0 N–H and O–H groups in total. The highest BCUT2D eigenvalue weighted by Gasteiger charge is 1.97. The van der Waals surface area contributed by atoms with E-state index in [1.807, 2.05) is 24.4 Å². The van der Waals surface area contributed by atoms with Crippen LogP contribution in [0.2, 0.25) is 0 Å². The molecule has 1 heteroatoms. The minimum Gasteiger partial charge on any atom is -0.201 e. The molecule has 0 saturated carbocycles. The molecule has 62 valence electrons. The Morgan fingerprint density at radius 3 is 2.83 bits per heavy atom. The van der Waals surface area contributed by atoms with Crippen LogP contribution in [0.5, 0.6) is 0 Å². The first-order chi connectivity index (χ1) is 5.86. The van der Waals surface area contributed by atoms with Gasteiger partial charge in [0.15, 0.2) is 18.9 Å². The average molecular weight is 160 g/mol. The maximum atomic E-state index is 3.70. The molecular weight excluding hydrogens is 146 g/mol. The Bertz CT molecular complexity index is 251. The Morgan fingerprint density at radius 2 is 2.17 bits per heavy atom. The van der Waals surface area contributed by atoms with Gasteiger partial charge in [-0.05, 0) is 18.6 Å². The zero-order valence-corrected chi connectivity index (χ0v) is 7.24. The van der Waals surface area contributed by atoms with Crippen molar-refractivity contribution in [1.29, 1.82) is 0 Å². The monoisotopic (exact) mass is 160 g/mol. The Morgan fingerprint density at radius 1 is 1.33 bits per heavy atom. The highest BCUT2D eigenvalue weighted by Crippen LogP contribution is 1.95. The van der Waals surface area contributed by atoms with Gasteiger partial charge in [-0.1, -0.05) is 12.7 Å². The third-order valence-electron chi connectivity index (χ3n) is 1.64. The molecule has 0 fully saturated rings. The molecule has 0 amide bonds. The van der Waals surface area contributed by atoms with Crippen LogP contribution in [0.25, 0.3) is 0 Å². The molecule has 1 aromatic heterocycles. The average Bonchev–Trinajstić information content (AvgIpc) is 2.06. The summed E-state index contributed by atoms with van der Waals surface area (Å²) < 4.78 is 2.10. The number of aromatic nitrogens is 1. The third kappa shape index (κ3) is 2.35. The molecule has 0 aromatic carbocycles. The highest BCUT2D eigenvalue weighted by molar-refractivity contribution is 5.08. The number of allylic oxidation sites excluding steroid dienone is 2. The van der Waals surface area contributed by atoms with Crippen LogP contribution >= 0.6 is 0 Å². The van der Waals surface area contributed by atoms with E-state index in [1.54, 1.807) is 0 Å². The van der Waals surface area contributed by atoms with Crippen LogP contribution in [0, 0.1) is 0 Å². The van der Waals surface area contributed by atoms with Crippen molar-refractivity contribution in [1.82, 2.24) is 0 Å². The molecule has 1 rings (SSSR count). The number of hydrogen-bond donors (Lipinski definition) is 0. The molecule has 0 aliphatic carbocycles. The molecule has 0 unspecified atom stereocenters. The first-order valence-corrected chi connectivity index (χ1v) is 4.06. The molecule has 0 spiro atoms. The smallest absolute Gasteiger partial charge is 0.172 e. The molecular formula is C11H14N+. The fourth-order valence-electron chi connectivity index (χ4n) is 1.13. The highest BCUT2D eigenvalue weighted by atomic mass is 14.9. The fourth-order valence-corrected chi connectivity index (χ4v) is 1.13. The molecule has 0 aliphatic heterocycles. The normalized spacial score (nSPS) is 9.33. The van der Waals surface area contributed by atoms with Crippen LogP contribution in [0.1, 0.15) is 5.56 Å². The molecule has 1 heterocycles. The molecule has 0 aliphatic rings. The Labute approximate surface area is 73.7 Å². The second-order valence-electron chi connectivity index (χ2n) is 2.69. The Hall–Kier alpha value is -1.37. The summed E-state index contributed by atoms with van der Waals surface area (Å²) in [7, 11) is 0. The number of rotatable bonds is 4.